The lowest BCUT2D eigenvalue weighted by Crippen LogP contribution is -2.51. The van der Waals surface area contributed by atoms with Gasteiger partial charge >= 0.3 is 0 Å². The number of rotatable bonds is 24. The van der Waals surface area contributed by atoms with E-state index in [1.165, 1.54) is 109 Å². The number of nitrogens with zero attached hydrogens (tertiary/aromatic N) is 3. The summed E-state index contributed by atoms with van der Waals surface area (Å²) >= 11 is 0. The highest BCUT2D eigenvalue weighted by molar-refractivity contribution is 6.07. The van der Waals surface area contributed by atoms with Crippen LogP contribution in [-0.4, -0.2) is 75.4 Å². The summed E-state index contributed by atoms with van der Waals surface area (Å²) in [5.41, 5.74) is 4.43. The van der Waals surface area contributed by atoms with E-state index in [0.717, 1.165) is 54.9 Å². The number of aromatic hydroxyl groups is 2. The van der Waals surface area contributed by atoms with Gasteiger partial charge in [-0.05, 0) is 171 Å². The van der Waals surface area contributed by atoms with Gasteiger partial charge in [0.1, 0.15) is 5.76 Å². The van der Waals surface area contributed by atoms with E-state index in [2.05, 4.69) is 61.6 Å². The number of nitrogens with one attached hydrogen (secondary N) is 2. The van der Waals surface area contributed by atoms with Crippen LogP contribution in [0.25, 0.3) is 12.2 Å². The van der Waals surface area contributed by atoms with Crippen molar-refractivity contribution >= 4 is 23.8 Å². The Bertz CT molecular complexity index is 2420. The van der Waals surface area contributed by atoms with Crippen LogP contribution in [0.4, 0.5) is 0 Å². The second kappa shape index (κ2) is 24.4. The molecule has 3 fully saturated rings. The predicted octanol–water partition coefficient (Wildman–Crippen LogP) is 11.7. The second-order valence-electron chi connectivity index (χ2n) is 22.3. The third kappa shape index (κ3) is 13.2. The molecule has 0 spiro atoms. The van der Waals surface area contributed by atoms with Gasteiger partial charge in [0.25, 0.3) is 0 Å². The topological polar surface area (TPSA) is 168 Å². The first-order valence-corrected chi connectivity index (χ1v) is 26.8. The van der Waals surface area contributed by atoms with Crippen LogP contribution in [0.3, 0.4) is 0 Å². The number of carbonyl (C=O) groups excluding carboxylic acids is 2. The van der Waals surface area contributed by atoms with E-state index in [9.17, 15) is 24.9 Å². The molecule has 7 rings (SSSR count). The first-order valence-electron chi connectivity index (χ1n) is 26.8. The number of ketones is 1. The number of phenolic OH excluding ortho intramolecular Hbond substituents is 2. The molecule has 0 unspecified atom stereocenters. The van der Waals surface area contributed by atoms with Crippen LogP contribution < -0.4 is 20.1 Å². The summed E-state index contributed by atoms with van der Waals surface area (Å²) < 4.78 is 12.0. The van der Waals surface area contributed by atoms with E-state index in [4.69, 9.17) is 9.47 Å². The van der Waals surface area contributed by atoms with Crippen molar-refractivity contribution in [3.05, 3.63) is 94.5 Å². The minimum Gasteiger partial charge on any atom is -0.508 e. The summed E-state index contributed by atoms with van der Waals surface area (Å²) in [5.74, 6) is 4.96. The fourth-order valence-electron chi connectivity index (χ4n) is 13.3. The third-order valence-electron chi connectivity index (χ3n) is 17.3. The lowest BCUT2D eigenvalue weighted by atomic mass is 9.47. The molecule has 0 bridgehead atoms. The molecular weight excluding hydrogens is 891 g/mol. The summed E-state index contributed by atoms with van der Waals surface area (Å²) in [6.07, 6.45) is 28.2. The molecule has 4 aliphatic carbocycles. The van der Waals surface area contributed by atoms with Crippen molar-refractivity contribution in [2.24, 2.45) is 46.3 Å². The minimum absolute atomic E-state index is 0.00979. The van der Waals surface area contributed by atoms with Crippen LogP contribution >= 0.6 is 0 Å². The van der Waals surface area contributed by atoms with Crippen molar-refractivity contribution in [1.82, 2.24) is 25.6 Å². The van der Waals surface area contributed by atoms with Crippen molar-refractivity contribution in [1.29, 1.82) is 0 Å². The molecule has 8 atom stereocenters. The average Bonchev–Trinajstić information content (AvgIpc) is 3.96. The molecule has 5 N–H and O–H groups in total. The third-order valence-corrected chi connectivity index (χ3v) is 17.3. The number of aryl methyl sites for hydroxylation is 1. The summed E-state index contributed by atoms with van der Waals surface area (Å²) in [6, 6.07) is 10.00. The average molecular weight is 974 g/mol. The van der Waals surface area contributed by atoms with Gasteiger partial charge in [-0.3, -0.25) is 14.3 Å². The SMILES string of the molecule is COc1cc(/C=C/C(=O)C(Cc2cn(CCCC(=O)NCCCCN[C@H]3CC[C@@]4(C)C(=CC[C@H]5[C@@H]6CC[C@H]([C@H](C)CCCC(C)C)[C@@]6(C)CC[C@@H]54)C3)nn2)=C(O)/C=C/c2ccc(O)c(OC)c2)ccc1O. The molecule has 3 aromatic rings. The van der Waals surface area contributed by atoms with E-state index in [1.807, 2.05) is 0 Å². The van der Waals surface area contributed by atoms with E-state index >= 15 is 0 Å². The zero-order chi connectivity index (χ0) is 50.7. The Morgan fingerprint density at radius 3 is 2.27 bits per heavy atom. The zero-order valence-corrected chi connectivity index (χ0v) is 43.7. The highest BCUT2D eigenvalue weighted by Gasteiger charge is 2.59. The minimum atomic E-state index is -0.456. The number of aliphatic hydroxyl groups excluding tert-OH is 1. The van der Waals surface area contributed by atoms with Crippen molar-refractivity contribution in [2.45, 2.75) is 150 Å². The van der Waals surface area contributed by atoms with Gasteiger partial charge in [0, 0.05) is 43.7 Å². The quantitative estimate of drug-likeness (QED) is 0.0192. The van der Waals surface area contributed by atoms with E-state index in [-0.39, 0.29) is 46.7 Å². The van der Waals surface area contributed by atoms with E-state index in [1.54, 1.807) is 52.9 Å². The number of hydrogen-bond acceptors (Lipinski definition) is 10. The molecule has 3 saturated carbocycles. The van der Waals surface area contributed by atoms with Gasteiger partial charge in [-0.15, -0.1) is 5.10 Å². The molecule has 12 heteroatoms. The Balaban J connectivity index is 0.828. The molecule has 71 heavy (non-hydrogen) atoms. The molecule has 0 radical (unpaired) electrons. The molecule has 1 aromatic heterocycles. The van der Waals surface area contributed by atoms with Crippen molar-refractivity contribution in [3.63, 3.8) is 0 Å². The van der Waals surface area contributed by atoms with Crippen molar-refractivity contribution in [3.8, 4) is 23.0 Å². The normalized spacial score (nSPS) is 25.9. The molecule has 12 nitrogen and oxygen atoms in total. The van der Waals surface area contributed by atoms with Crippen LogP contribution in [0.1, 0.15) is 148 Å². The van der Waals surface area contributed by atoms with Crippen LogP contribution in [0.5, 0.6) is 23.0 Å². The van der Waals surface area contributed by atoms with Gasteiger partial charge in [0.15, 0.2) is 28.8 Å². The summed E-state index contributed by atoms with van der Waals surface area (Å²) in [5, 5.41) is 46.7. The smallest absolute Gasteiger partial charge is 0.220 e. The molecule has 2 aromatic carbocycles. The first kappa shape index (κ1) is 53.4. The number of amides is 1. The van der Waals surface area contributed by atoms with Gasteiger partial charge in [-0.25, -0.2) is 0 Å². The Hall–Kier alpha value is -5.36. The number of phenols is 2. The molecule has 0 aliphatic heterocycles. The molecular formula is C59H83N5O7. The number of fused-ring (bicyclic) bond motifs is 5. The Morgan fingerprint density at radius 2 is 1.56 bits per heavy atom. The van der Waals surface area contributed by atoms with Crippen LogP contribution in [0.15, 0.2) is 77.7 Å². The number of carbonyl (C=O) groups is 2. The monoisotopic (exact) mass is 974 g/mol. The lowest BCUT2D eigenvalue weighted by molar-refractivity contribution is -0.121. The number of benzene rings is 2. The summed E-state index contributed by atoms with van der Waals surface area (Å²) in [7, 11) is 2.89. The largest absolute Gasteiger partial charge is 0.508 e. The number of ether oxygens (including phenoxy) is 2. The van der Waals surface area contributed by atoms with Crippen LogP contribution in [0, 0.1) is 46.3 Å². The maximum atomic E-state index is 13.6. The number of hydrogen-bond donors (Lipinski definition) is 5. The predicted molar refractivity (Wildman–Crippen MR) is 282 cm³/mol. The van der Waals surface area contributed by atoms with Gasteiger partial charge in [-0.1, -0.05) is 95.0 Å². The molecule has 0 saturated heterocycles. The molecule has 386 valence electrons. The van der Waals surface area contributed by atoms with E-state index < -0.39 is 5.78 Å². The summed E-state index contributed by atoms with van der Waals surface area (Å²) in [6.45, 7) is 14.7. The first-order chi connectivity index (χ1) is 34.1. The molecule has 1 amide bonds. The molecule has 1 heterocycles. The van der Waals surface area contributed by atoms with Gasteiger partial charge < -0.3 is 35.4 Å². The maximum absolute atomic E-state index is 13.6. The summed E-state index contributed by atoms with van der Waals surface area (Å²) in [4.78, 5) is 26.4. The Morgan fingerprint density at radius 1 is 0.859 bits per heavy atom. The molecule has 4 aliphatic rings. The number of unbranched alkanes of at least 4 members (excludes halogenated alkanes) is 1. The Kier molecular flexibility index (Phi) is 18.3. The Labute approximate surface area is 423 Å². The second-order valence-corrected chi connectivity index (χ2v) is 22.3. The fraction of sp³-hybridized carbons (Fsp3) is 0.593. The van der Waals surface area contributed by atoms with Crippen LogP contribution in [0.2, 0.25) is 0 Å². The highest BCUT2D eigenvalue weighted by atomic mass is 16.5. The fourth-order valence-corrected chi connectivity index (χ4v) is 13.3. The number of allylic oxidation sites excluding steroid dienone is 4. The number of aromatic nitrogens is 3. The highest BCUT2D eigenvalue weighted by Crippen LogP contribution is 2.67. The number of aliphatic hydroxyl groups is 1. The van der Waals surface area contributed by atoms with Gasteiger partial charge in [-0.2, -0.15) is 0 Å². The zero-order valence-electron chi connectivity index (χ0n) is 43.7. The van der Waals surface area contributed by atoms with Crippen LogP contribution in [-0.2, 0) is 22.6 Å². The van der Waals surface area contributed by atoms with E-state index in [0.29, 0.717) is 59.6 Å². The van der Waals surface area contributed by atoms with Gasteiger partial charge in [0.2, 0.25) is 5.91 Å². The number of methoxy groups -OCH3 is 2. The lowest BCUT2D eigenvalue weighted by Gasteiger charge is -2.58. The van der Waals surface area contributed by atoms with Crippen molar-refractivity contribution in [2.75, 3.05) is 27.3 Å². The standard InChI is InChI=1S/C59H83N5O7/c1-39(2)12-10-13-40(3)48-21-22-49-46-20-19-43-36-44(27-29-58(43,4)50(46)28-30-59(48,49)5)60-31-8-9-32-61-57(69)14-11-33-64-38-45(62-63-64)37-47(51(65)23-15-41-17-25-53(67)55(34-41)70-6)52(66)24-16-42-18-26-54(68)56(35-42)71-7/h15-19,23-26,34-35,38-40,44,46,48-50,60,65,67-68H,8-14,20-22,27-33,36-37H2,1-7H3,(H,61,69)/b23-15+,24-16+,51-47?/t40-,44+,46+,48-,49+,50+,58+,59-/m1/s1. The van der Waals surface area contributed by atoms with Crippen molar-refractivity contribution < 1.29 is 34.4 Å². The van der Waals surface area contributed by atoms with Gasteiger partial charge in [0.05, 0.1) is 19.9 Å². The maximum Gasteiger partial charge on any atom is 0.220 e.